The number of rotatable bonds is 8. The second kappa shape index (κ2) is 11.3. The van der Waals surface area contributed by atoms with Crippen molar-refractivity contribution in [3.8, 4) is 11.5 Å². The number of hydrazone groups is 1. The van der Waals surface area contributed by atoms with Crippen molar-refractivity contribution in [3.63, 3.8) is 0 Å². The third kappa shape index (κ3) is 6.57. The molecule has 0 fully saturated rings. The summed E-state index contributed by atoms with van der Waals surface area (Å²) in [6.07, 6.45) is 1.48. The lowest BCUT2D eigenvalue weighted by Gasteiger charge is -2.12. The molecule has 0 aromatic heterocycles. The number of nitrogens with one attached hydrogen (secondary N) is 2. The maximum absolute atomic E-state index is 12.1. The largest absolute Gasteiger partial charge is 0.493 e. The number of hydrogen-bond acceptors (Lipinski definition) is 5. The van der Waals surface area contributed by atoms with Gasteiger partial charge in [-0.25, -0.2) is 5.43 Å². The Morgan fingerprint density at radius 1 is 1.06 bits per heavy atom. The van der Waals surface area contributed by atoms with Gasteiger partial charge in [0.05, 0.1) is 24.0 Å². The third-order valence-electron chi connectivity index (χ3n) is 4.18. The Morgan fingerprint density at radius 3 is 2.53 bits per heavy atom. The number of ether oxygens (including phenoxy) is 2. The summed E-state index contributed by atoms with van der Waals surface area (Å²) in [4.78, 5) is 24.2. The molecule has 32 heavy (non-hydrogen) atoms. The van der Waals surface area contributed by atoms with Gasteiger partial charge in [0.1, 0.15) is 0 Å². The van der Waals surface area contributed by atoms with Crippen LogP contribution in [-0.4, -0.2) is 31.7 Å². The number of carbonyl (C=O) groups is 2. The van der Waals surface area contributed by atoms with Gasteiger partial charge in [-0.1, -0.05) is 39.7 Å². The molecule has 9 heteroatoms. The zero-order valence-corrected chi connectivity index (χ0v) is 19.3. The predicted molar refractivity (Wildman–Crippen MR) is 128 cm³/mol. The first kappa shape index (κ1) is 23.3. The molecule has 0 radical (unpaired) electrons. The minimum absolute atomic E-state index is 0.224. The quantitative estimate of drug-likeness (QED) is 0.329. The van der Waals surface area contributed by atoms with Crippen LogP contribution in [0.5, 0.6) is 11.5 Å². The van der Waals surface area contributed by atoms with Gasteiger partial charge in [-0.3, -0.25) is 9.59 Å². The van der Waals surface area contributed by atoms with Gasteiger partial charge < -0.3 is 14.8 Å². The average molecular weight is 517 g/mol. The molecule has 0 heterocycles. The summed E-state index contributed by atoms with van der Waals surface area (Å²) in [6.45, 7) is -0.224. The lowest BCUT2D eigenvalue weighted by atomic mass is 10.2. The maximum atomic E-state index is 12.1. The van der Waals surface area contributed by atoms with E-state index < -0.39 is 0 Å². The molecule has 0 bridgehead atoms. The lowest BCUT2D eigenvalue weighted by Crippen LogP contribution is -2.20. The Hall–Kier alpha value is -3.36. The van der Waals surface area contributed by atoms with Crippen LogP contribution in [0.25, 0.3) is 0 Å². The molecular weight excluding hydrogens is 498 g/mol. The second-order valence-corrected chi connectivity index (χ2v) is 7.76. The van der Waals surface area contributed by atoms with Crippen molar-refractivity contribution in [2.45, 2.75) is 0 Å². The Balaban J connectivity index is 1.57. The Bertz CT molecular complexity index is 1140. The minimum Gasteiger partial charge on any atom is -0.493 e. The Labute approximate surface area is 198 Å². The van der Waals surface area contributed by atoms with Gasteiger partial charge in [0.15, 0.2) is 18.1 Å². The van der Waals surface area contributed by atoms with Crippen LogP contribution >= 0.6 is 27.5 Å². The van der Waals surface area contributed by atoms with Crippen LogP contribution in [0.4, 0.5) is 5.69 Å². The summed E-state index contributed by atoms with van der Waals surface area (Å²) in [5.41, 5.74) is 4.13. The van der Waals surface area contributed by atoms with Crippen LogP contribution in [0.1, 0.15) is 15.9 Å². The topological polar surface area (TPSA) is 89.0 Å². The molecule has 3 aromatic carbocycles. The summed E-state index contributed by atoms with van der Waals surface area (Å²) in [5.74, 6) is 0.114. The highest BCUT2D eigenvalue weighted by Gasteiger charge is 2.10. The number of halogens is 2. The fraction of sp³-hybridized carbons (Fsp3) is 0.0870. The summed E-state index contributed by atoms with van der Waals surface area (Å²) in [7, 11) is 1.49. The van der Waals surface area contributed by atoms with E-state index in [0.717, 1.165) is 4.47 Å². The normalized spacial score (nSPS) is 10.6. The smallest absolute Gasteiger partial charge is 0.271 e. The third-order valence-corrected chi connectivity index (χ3v) is 5.04. The van der Waals surface area contributed by atoms with Crippen molar-refractivity contribution in [2.75, 3.05) is 19.0 Å². The van der Waals surface area contributed by atoms with E-state index in [2.05, 4.69) is 31.8 Å². The fourth-order valence-electron chi connectivity index (χ4n) is 2.61. The fourth-order valence-corrected chi connectivity index (χ4v) is 3.05. The molecular formula is C23H19BrClN3O4. The molecule has 0 aliphatic rings. The lowest BCUT2D eigenvalue weighted by molar-refractivity contribution is -0.118. The second-order valence-electron chi connectivity index (χ2n) is 6.43. The summed E-state index contributed by atoms with van der Waals surface area (Å²) >= 11 is 9.36. The molecule has 3 rings (SSSR count). The van der Waals surface area contributed by atoms with E-state index in [1.807, 2.05) is 0 Å². The Kier molecular flexibility index (Phi) is 8.24. The van der Waals surface area contributed by atoms with E-state index in [1.165, 1.54) is 13.3 Å². The first-order chi connectivity index (χ1) is 15.5. The van der Waals surface area contributed by atoms with E-state index in [9.17, 15) is 9.59 Å². The molecule has 0 saturated carbocycles. The van der Waals surface area contributed by atoms with Gasteiger partial charge in [0, 0.05) is 10.0 Å². The van der Waals surface area contributed by atoms with Crippen LogP contribution in [0.15, 0.2) is 76.3 Å². The highest BCUT2D eigenvalue weighted by atomic mass is 79.9. The molecule has 2 amide bonds. The zero-order chi connectivity index (χ0) is 22.9. The van der Waals surface area contributed by atoms with Crippen molar-refractivity contribution in [1.29, 1.82) is 0 Å². The van der Waals surface area contributed by atoms with Crippen molar-refractivity contribution >= 4 is 51.2 Å². The first-order valence-electron chi connectivity index (χ1n) is 9.40. The molecule has 7 nitrogen and oxygen atoms in total. The number of para-hydroxylation sites is 1. The SMILES string of the molecule is COc1cc(/C=N/NC(=O)c2ccc(Br)cc2)ccc1OCC(=O)Nc1ccccc1Cl. The van der Waals surface area contributed by atoms with Crippen molar-refractivity contribution in [2.24, 2.45) is 5.10 Å². The van der Waals surface area contributed by atoms with Crippen LogP contribution < -0.4 is 20.2 Å². The maximum Gasteiger partial charge on any atom is 0.271 e. The standard InChI is InChI=1S/C23H19BrClN3O4/c1-31-21-12-15(13-26-28-23(30)16-7-9-17(24)10-8-16)6-11-20(21)32-14-22(29)27-19-5-3-2-4-18(19)25/h2-13H,14H2,1H3,(H,27,29)(H,28,30)/b26-13+. The molecule has 3 aromatic rings. The van der Waals surface area contributed by atoms with Gasteiger partial charge in [-0.15, -0.1) is 0 Å². The molecule has 164 valence electrons. The van der Waals surface area contributed by atoms with Crippen molar-refractivity contribution in [3.05, 3.63) is 87.4 Å². The summed E-state index contributed by atoms with van der Waals surface area (Å²) < 4.78 is 11.8. The number of carbonyl (C=O) groups excluding carboxylic acids is 2. The number of amides is 2. The van der Waals surface area contributed by atoms with Gasteiger partial charge in [0.25, 0.3) is 11.8 Å². The van der Waals surface area contributed by atoms with Gasteiger partial charge in [-0.05, 0) is 60.2 Å². The van der Waals surface area contributed by atoms with Crippen LogP contribution in [0.3, 0.4) is 0 Å². The highest BCUT2D eigenvalue weighted by molar-refractivity contribution is 9.10. The molecule has 0 atom stereocenters. The number of benzene rings is 3. The molecule has 0 spiro atoms. The van der Waals surface area contributed by atoms with E-state index in [4.69, 9.17) is 21.1 Å². The summed E-state index contributed by atoms with van der Waals surface area (Å²) in [6, 6.07) is 18.9. The average Bonchev–Trinajstić information content (AvgIpc) is 2.80. The van der Waals surface area contributed by atoms with Gasteiger partial charge in [-0.2, -0.15) is 5.10 Å². The van der Waals surface area contributed by atoms with E-state index in [0.29, 0.717) is 33.3 Å². The predicted octanol–water partition coefficient (Wildman–Crippen LogP) is 4.89. The zero-order valence-electron chi connectivity index (χ0n) is 17.0. The van der Waals surface area contributed by atoms with Gasteiger partial charge >= 0.3 is 0 Å². The molecule has 0 unspecified atom stereocenters. The van der Waals surface area contributed by atoms with Gasteiger partial charge in [0.2, 0.25) is 0 Å². The van der Waals surface area contributed by atoms with E-state index in [1.54, 1.807) is 66.7 Å². The monoisotopic (exact) mass is 515 g/mol. The van der Waals surface area contributed by atoms with Crippen LogP contribution in [-0.2, 0) is 4.79 Å². The first-order valence-corrected chi connectivity index (χ1v) is 10.6. The minimum atomic E-state index is -0.360. The molecule has 2 N–H and O–H groups in total. The number of hydrogen-bond donors (Lipinski definition) is 2. The molecule has 0 saturated heterocycles. The molecule has 0 aliphatic carbocycles. The van der Waals surface area contributed by atoms with Crippen molar-refractivity contribution in [1.82, 2.24) is 5.43 Å². The Morgan fingerprint density at radius 2 is 1.81 bits per heavy atom. The highest BCUT2D eigenvalue weighted by Crippen LogP contribution is 2.28. The van der Waals surface area contributed by atoms with Crippen LogP contribution in [0, 0.1) is 0 Å². The summed E-state index contributed by atoms with van der Waals surface area (Å²) in [5, 5.41) is 7.09. The van der Waals surface area contributed by atoms with Crippen molar-refractivity contribution < 1.29 is 19.1 Å². The molecule has 0 aliphatic heterocycles. The van der Waals surface area contributed by atoms with Crippen LogP contribution in [0.2, 0.25) is 5.02 Å². The number of anilines is 1. The van der Waals surface area contributed by atoms with E-state index in [-0.39, 0.29) is 18.4 Å². The van der Waals surface area contributed by atoms with E-state index >= 15 is 0 Å². The number of methoxy groups -OCH3 is 1. The number of nitrogens with zero attached hydrogens (tertiary/aromatic N) is 1.